The average Bonchev–Trinajstić information content (AvgIpc) is 2.90. The lowest BCUT2D eigenvalue weighted by Gasteiger charge is -2.25. The van der Waals surface area contributed by atoms with Gasteiger partial charge in [0.1, 0.15) is 16.4 Å². The summed E-state index contributed by atoms with van der Waals surface area (Å²) in [5, 5.41) is 0. The first kappa shape index (κ1) is 16.6. The van der Waals surface area contributed by atoms with Gasteiger partial charge >= 0.3 is 0 Å². The number of rotatable bonds is 4. The summed E-state index contributed by atoms with van der Waals surface area (Å²) < 4.78 is 38.8. The van der Waals surface area contributed by atoms with Crippen molar-refractivity contribution in [2.45, 2.75) is 31.2 Å². The van der Waals surface area contributed by atoms with E-state index in [-0.39, 0.29) is 10.9 Å². The van der Waals surface area contributed by atoms with Crippen molar-refractivity contribution in [2.24, 2.45) is 0 Å². The van der Waals surface area contributed by atoms with Gasteiger partial charge in [-0.15, -0.1) is 0 Å². The summed E-state index contributed by atoms with van der Waals surface area (Å²) >= 11 is 0. The number of sulfonamides is 1. The van der Waals surface area contributed by atoms with E-state index < -0.39 is 10.0 Å². The lowest BCUT2D eigenvalue weighted by molar-refractivity contribution is 0.390. The molecule has 2 aromatic rings. The Morgan fingerprint density at radius 3 is 2.42 bits per heavy atom. The highest BCUT2D eigenvalue weighted by Gasteiger charge is 2.37. The van der Waals surface area contributed by atoms with Gasteiger partial charge in [-0.25, -0.2) is 8.42 Å². The minimum absolute atomic E-state index is 0.121. The van der Waals surface area contributed by atoms with Crippen molar-refractivity contribution in [3.63, 3.8) is 0 Å². The maximum atomic E-state index is 13.4. The molecule has 0 N–H and O–H groups in total. The number of benzene rings is 2. The maximum Gasteiger partial charge on any atom is 0.268 e. The first-order chi connectivity index (χ1) is 11.4. The van der Waals surface area contributed by atoms with Crippen LogP contribution in [0.15, 0.2) is 41.3 Å². The van der Waals surface area contributed by atoms with Crippen molar-refractivity contribution in [3.05, 3.63) is 47.5 Å². The summed E-state index contributed by atoms with van der Waals surface area (Å²) in [6.45, 7) is 3.76. The average molecular weight is 347 g/mol. The molecule has 0 bridgehead atoms. The molecule has 1 atom stereocenters. The Bertz CT molecular complexity index is 877. The summed E-state index contributed by atoms with van der Waals surface area (Å²) in [7, 11) is -0.764. The number of ether oxygens (including phenoxy) is 2. The zero-order valence-corrected chi connectivity index (χ0v) is 15.1. The van der Waals surface area contributed by atoms with Crippen molar-refractivity contribution in [1.29, 1.82) is 0 Å². The molecule has 0 aromatic heterocycles. The first-order valence-electron chi connectivity index (χ1n) is 7.75. The molecule has 6 heteroatoms. The van der Waals surface area contributed by atoms with Crippen molar-refractivity contribution >= 4 is 15.7 Å². The fourth-order valence-corrected chi connectivity index (χ4v) is 5.08. The molecule has 0 aliphatic carbocycles. The summed E-state index contributed by atoms with van der Waals surface area (Å²) in [6.07, 6.45) is 0.695. The van der Waals surface area contributed by atoms with Crippen LogP contribution in [0.5, 0.6) is 11.5 Å². The third-order valence-corrected chi connectivity index (χ3v) is 6.31. The Morgan fingerprint density at radius 2 is 1.75 bits per heavy atom. The van der Waals surface area contributed by atoms with Crippen LogP contribution >= 0.6 is 0 Å². The van der Waals surface area contributed by atoms with Gasteiger partial charge in [0, 0.05) is 12.1 Å². The summed E-state index contributed by atoms with van der Waals surface area (Å²) in [5.41, 5.74) is 2.58. The molecule has 128 valence electrons. The second-order valence-corrected chi connectivity index (χ2v) is 7.74. The standard InChI is InChI=1S/C18H21NO4S/c1-12-9-17(23-4)18(11-16(12)22-3)24(20,21)19-13(2)10-14-7-5-6-8-15(14)19/h5-9,11,13H,10H2,1-4H3/t13-/m1/s1. The molecule has 1 aliphatic rings. The molecule has 5 nitrogen and oxygen atoms in total. The van der Waals surface area contributed by atoms with Gasteiger partial charge < -0.3 is 9.47 Å². The number of anilines is 1. The van der Waals surface area contributed by atoms with Crippen LogP contribution < -0.4 is 13.8 Å². The largest absolute Gasteiger partial charge is 0.496 e. The highest BCUT2D eigenvalue weighted by atomic mass is 32.2. The van der Waals surface area contributed by atoms with E-state index >= 15 is 0 Å². The van der Waals surface area contributed by atoms with Crippen LogP contribution in [0.4, 0.5) is 5.69 Å². The van der Waals surface area contributed by atoms with Crippen molar-refractivity contribution in [2.75, 3.05) is 18.5 Å². The molecule has 1 heterocycles. The van der Waals surface area contributed by atoms with E-state index in [0.717, 1.165) is 16.8 Å². The quantitative estimate of drug-likeness (QED) is 0.852. The van der Waals surface area contributed by atoms with E-state index in [1.165, 1.54) is 24.6 Å². The zero-order valence-electron chi connectivity index (χ0n) is 14.2. The topological polar surface area (TPSA) is 55.8 Å². The first-order valence-corrected chi connectivity index (χ1v) is 9.19. The highest BCUT2D eigenvalue weighted by Crippen LogP contribution is 2.40. The van der Waals surface area contributed by atoms with Crippen LogP contribution in [-0.4, -0.2) is 28.7 Å². The molecule has 0 radical (unpaired) electrons. The van der Waals surface area contributed by atoms with Gasteiger partial charge in [-0.3, -0.25) is 4.31 Å². The highest BCUT2D eigenvalue weighted by molar-refractivity contribution is 7.93. The zero-order chi connectivity index (χ0) is 17.5. The van der Waals surface area contributed by atoms with E-state index in [9.17, 15) is 8.42 Å². The maximum absolute atomic E-state index is 13.4. The smallest absolute Gasteiger partial charge is 0.268 e. The molecule has 2 aromatic carbocycles. The van der Waals surface area contributed by atoms with E-state index in [4.69, 9.17) is 9.47 Å². The third kappa shape index (κ3) is 2.51. The molecular formula is C18H21NO4S. The van der Waals surface area contributed by atoms with Gasteiger partial charge in [0.25, 0.3) is 10.0 Å². The lowest BCUT2D eigenvalue weighted by Crippen LogP contribution is -2.36. The number of hydrogen-bond acceptors (Lipinski definition) is 4. The molecule has 0 unspecified atom stereocenters. The SMILES string of the molecule is COc1cc(S(=O)(=O)N2c3ccccc3C[C@H]2C)c(OC)cc1C. The lowest BCUT2D eigenvalue weighted by atomic mass is 10.1. The Hall–Kier alpha value is -2.21. The molecule has 0 fully saturated rings. The second kappa shape index (κ2) is 6.02. The second-order valence-electron chi connectivity index (χ2n) is 5.96. The molecule has 0 spiro atoms. The van der Waals surface area contributed by atoms with Gasteiger partial charge in [0.15, 0.2) is 0 Å². The van der Waals surface area contributed by atoms with Gasteiger partial charge in [-0.05, 0) is 43.5 Å². The number of aryl methyl sites for hydroxylation is 1. The summed E-state index contributed by atoms with van der Waals surface area (Å²) in [4.78, 5) is 0.121. The van der Waals surface area contributed by atoms with Crippen molar-refractivity contribution in [1.82, 2.24) is 0 Å². The van der Waals surface area contributed by atoms with E-state index in [0.29, 0.717) is 17.9 Å². The Kier molecular flexibility index (Phi) is 4.17. The predicted octanol–water partition coefficient (Wildman–Crippen LogP) is 3.15. The van der Waals surface area contributed by atoms with Gasteiger partial charge in [0.2, 0.25) is 0 Å². The molecule has 24 heavy (non-hydrogen) atoms. The van der Waals surface area contributed by atoms with E-state index in [1.807, 2.05) is 38.1 Å². The van der Waals surface area contributed by atoms with E-state index in [2.05, 4.69) is 0 Å². The van der Waals surface area contributed by atoms with Crippen LogP contribution in [0.2, 0.25) is 0 Å². The van der Waals surface area contributed by atoms with E-state index in [1.54, 1.807) is 6.07 Å². The molecule has 1 aliphatic heterocycles. The fraction of sp³-hybridized carbons (Fsp3) is 0.333. The number of para-hydroxylation sites is 1. The third-order valence-electron chi connectivity index (χ3n) is 4.36. The van der Waals surface area contributed by atoms with Crippen LogP contribution in [-0.2, 0) is 16.4 Å². The number of hydrogen-bond donors (Lipinski definition) is 0. The predicted molar refractivity (Wildman–Crippen MR) is 93.6 cm³/mol. The van der Waals surface area contributed by atoms with Crippen LogP contribution in [0.1, 0.15) is 18.1 Å². The molecular weight excluding hydrogens is 326 g/mol. The minimum Gasteiger partial charge on any atom is -0.496 e. The number of nitrogens with zero attached hydrogens (tertiary/aromatic N) is 1. The molecule has 0 saturated heterocycles. The number of methoxy groups -OCH3 is 2. The fourth-order valence-electron chi connectivity index (χ4n) is 3.23. The minimum atomic E-state index is -3.77. The van der Waals surface area contributed by atoms with Gasteiger partial charge in [-0.2, -0.15) is 0 Å². The van der Waals surface area contributed by atoms with Gasteiger partial charge in [0.05, 0.1) is 19.9 Å². The molecule has 0 saturated carbocycles. The summed E-state index contributed by atoms with van der Waals surface area (Å²) in [5.74, 6) is 0.847. The Morgan fingerprint density at radius 1 is 1.08 bits per heavy atom. The normalized spacial score (nSPS) is 16.8. The monoisotopic (exact) mass is 347 g/mol. The van der Waals surface area contributed by atoms with Crippen molar-refractivity contribution < 1.29 is 17.9 Å². The Labute approximate surface area is 142 Å². The van der Waals surface area contributed by atoms with Crippen LogP contribution in [0, 0.1) is 6.92 Å². The molecule has 3 rings (SSSR count). The Balaban J connectivity index is 2.19. The molecule has 0 amide bonds. The van der Waals surface area contributed by atoms with Gasteiger partial charge in [-0.1, -0.05) is 18.2 Å². The summed E-state index contributed by atoms with van der Waals surface area (Å²) in [6, 6.07) is 10.7. The number of fused-ring (bicyclic) bond motifs is 1. The van der Waals surface area contributed by atoms with Crippen LogP contribution in [0.25, 0.3) is 0 Å². The van der Waals surface area contributed by atoms with Crippen LogP contribution in [0.3, 0.4) is 0 Å². The van der Waals surface area contributed by atoms with Crippen molar-refractivity contribution in [3.8, 4) is 11.5 Å².